The summed E-state index contributed by atoms with van der Waals surface area (Å²) in [5.41, 5.74) is -0.141. The van der Waals surface area contributed by atoms with E-state index in [-0.39, 0.29) is 16.3 Å². The summed E-state index contributed by atoms with van der Waals surface area (Å²) in [5.74, 6) is -1.95. The molecule has 1 aromatic rings. The van der Waals surface area contributed by atoms with Gasteiger partial charge >= 0.3 is 5.97 Å². The first-order valence-corrected chi connectivity index (χ1v) is 6.28. The van der Waals surface area contributed by atoms with Crippen LogP contribution in [0, 0.1) is 11.3 Å². The molecule has 0 radical (unpaired) electrons. The minimum Gasteiger partial charge on any atom is -0.478 e. The smallest absolute Gasteiger partial charge is 0.335 e. The van der Waals surface area contributed by atoms with Crippen molar-refractivity contribution in [3.8, 4) is 6.07 Å². The van der Waals surface area contributed by atoms with Crippen LogP contribution in [0.1, 0.15) is 10.4 Å². The van der Waals surface area contributed by atoms with Gasteiger partial charge in [0.05, 0.1) is 17.3 Å². The second-order valence-electron chi connectivity index (χ2n) is 3.05. The van der Waals surface area contributed by atoms with Gasteiger partial charge in [0.15, 0.2) is 5.75 Å². The minimum atomic E-state index is -3.81. The molecule has 0 amide bonds. The van der Waals surface area contributed by atoms with Gasteiger partial charge in [-0.1, -0.05) is 11.6 Å². The van der Waals surface area contributed by atoms with Gasteiger partial charge in [0.1, 0.15) is 0 Å². The maximum atomic E-state index is 11.3. The molecule has 6 nitrogen and oxygen atoms in total. The first-order chi connectivity index (χ1) is 7.84. The Labute approximate surface area is 102 Å². The number of hydrogen-bond donors (Lipinski definition) is 2. The quantitative estimate of drug-likeness (QED) is 0.860. The van der Waals surface area contributed by atoms with E-state index in [0.29, 0.717) is 0 Å². The average molecular weight is 275 g/mol. The Balaban J connectivity index is 3.09. The largest absolute Gasteiger partial charge is 0.478 e. The minimum absolute atomic E-state index is 0.00477. The maximum Gasteiger partial charge on any atom is 0.335 e. The van der Waals surface area contributed by atoms with Gasteiger partial charge in [-0.25, -0.2) is 13.2 Å². The van der Waals surface area contributed by atoms with Gasteiger partial charge in [0.2, 0.25) is 10.0 Å². The monoisotopic (exact) mass is 274 g/mol. The highest BCUT2D eigenvalue weighted by atomic mass is 35.5. The van der Waals surface area contributed by atoms with Gasteiger partial charge in [0.25, 0.3) is 0 Å². The highest BCUT2D eigenvalue weighted by Crippen LogP contribution is 2.20. The summed E-state index contributed by atoms with van der Waals surface area (Å²) >= 11 is 5.64. The van der Waals surface area contributed by atoms with E-state index in [2.05, 4.69) is 4.72 Å². The summed E-state index contributed by atoms with van der Waals surface area (Å²) in [6, 6.07) is 5.03. The summed E-state index contributed by atoms with van der Waals surface area (Å²) in [5, 5.41) is 17.1. The van der Waals surface area contributed by atoms with Crippen molar-refractivity contribution in [3.05, 3.63) is 28.8 Å². The fourth-order valence-corrected chi connectivity index (χ4v) is 2.03. The van der Waals surface area contributed by atoms with Crippen LogP contribution in [0.15, 0.2) is 18.2 Å². The van der Waals surface area contributed by atoms with Gasteiger partial charge < -0.3 is 5.11 Å². The van der Waals surface area contributed by atoms with Crippen molar-refractivity contribution in [2.75, 3.05) is 10.5 Å². The van der Waals surface area contributed by atoms with Crippen molar-refractivity contribution in [2.45, 2.75) is 0 Å². The fraction of sp³-hybridized carbons (Fsp3) is 0.111. The van der Waals surface area contributed by atoms with Crippen molar-refractivity contribution in [1.29, 1.82) is 5.26 Å². The number of hydrogen-bond acceptors (Lipinski definition) is 4. The van der Waals surface area contributed by atoms with Crippen LogP contribution in [0.4, 0.5) is 5.69 Å². The molecule has 0 aromatic heterocycles. The molecular formula is C9H7ClN2O4S. The number of anilines is 1. The highest BCUT2D eigenvalue weighted by molar-refractivity contribution is 7.92. The lowest BCUT2D eigenvalue weighted by atomic mass is 10.2. The number of carboxylic acid groups (broad SMARTS) is 1. The number of carboxylic acids is 1. The van der Waals surface area contributed by atoms with E-state index >= 15 is 0 Å². The predicted molar refractivity (Wildman–Crippen MR) is 61.4 cm³/mol. The second-order valence-corrected chi connectivity index (χ2v) is 5.21. The van der Waals surface area contributed by atoms with Crippen molar-refractivity contribution < 1.29 is 18.3 Å². The lowest BCUT2D eigenvalue weighted by Gasteiger charge is -2.06. The molecule has 0 spiro atoms. The number of aromatic carboxylic acids is 1. The first-order valence-electron chi connectivity index (χ1n) is 4.25. The van der Waals surface area contributed by atoms with Crippen LogP contribution in [0.3, 0.4) is 0 Å². The molecule has 0 fully saturated rings. The first kappa shape index (κ1) is 13.3. The molecule has 0 bridgehead atoms. The topological polar surface area (TPSA) is 107 Å². The molecule has 0 aliphatic carbocycles. The normalized spacial score (nSPS) is 10.6. The number of halogens is 1. The average Bonchev–Trinajstić information content (AvgIpc) is 2.15. The number of nitriles is 1. The molecule has 0 saturated heterocycles. The Kier molecular flexibility index (Phi) is 3.93. The van der Waals surface area contributed by atoms with Gasteiger partial charge in [-0.05, 0) is 18.2 Å². The van der Waals surface area contributed by atoms with Crippen LogP contribution in [-0.2, 0) is 10.0 Å². The Morgan fingerprint density at radius 2 is 2.12 bits per heavy atom. The summed E-state index contributed by atoms with van der Waals surface area (Å²) < 4.78 is 24.6. The van der Waals surface area contributed by atoms with Gasteiger partial charge in [-0.15, -0.1) is 0 Å². The molecule has 0 heterocycles. The molecule has 17 heavy (non-hydrogen) atoms. The van der Waals surface area contributed by atoms with Crippen LogP contribution < -0.4 is 4.72 Å². The van der Waals surface area contributed by atoms with Crippen LogP contribution in [0.2, 0.25) is 5.02 Å². The molecule has 2 N–H and O–H groups in total. The number of rotatable bonds is 4. The summed E-state index contributed by atoms with van der Waals surface area (Å²) in [6.45, 7) is 0. The van der Waals surface area contributed by atoms with Crippen LogP contribution in [-0.4, -0.2) is 25.2 Å². The molecule has 0 aliphatic rings. The van der Waals surface area contributed by atoms with Crippen molar-refractivity contribution in [2.24, 2.45) is 0 Å². The molecule has 0 unspecified atom stereocenters. The van der Waals surface area contributed by atoms with E-state index < -0.39 is 21.7 Å². The number of carbonyl (C=O) groups is 1. The third kappa shape index (κ3) is 3.94. The zero-order valence-electron chi connectivity index (χ0n) is 8.34. The molecule has 0 atom stereocenters. The standard InChI is InChI=1S/C9H7ClN2O4S/c10-7-3-6(9(13)14)4-8(5-7)12-17(15,16)2-1-11/h3-5,12H,2H2,(H,13,14). The summed E-state index contributed by atoms with van der Waals surface area (Å²) in [4.78, 5) is 10.7. The van der Waals surface area contributed by atoms with Gasteiger partial charge in [-0.3, -0.25) is 4.72 Å². The number of benzene rings is 1. The SMILES string of the molecule is N#CCS(=O)(=O)Nc1cc(Cl)cc(C(=O)O)c1. The Bertz CT molecular complexity index is 592. The third-order valence-corrected chi connectivity index (χ3v) is 2.95. The van der Waals surface area contributed by atoms with E-state index in [4.69, 9.17) is 22.0 Å². The summed E-state index contributed by atoms with van der Waals surface area (Å²) in [6.07, 6.45) is 0. The molecule has 1 rings (SSSR count). The van der Waals surface area contributed by atoms with E-state index in [1.165, 1.54) is 18.2 Å². The van der Waals surface area contributed by atoms with E-state index in [1.54, 1.807) is 0 Å². The zero-order chi connectivity index (χ0) is 13.1. The van der Waals surface area contributed by atoms with E-state index in [9.17, 15) is 13.2 Å². The number of sulfonamides is 1. The second kappa shape index (κ2) is 5.03. The van der Waals surface area contributed by atoms with Gasteiger partial charge in [0, 0.05) is 5.02 Å². The lowest BCUT2D eigenvalue weighted by Crippen LogP contribution is -2.15. The van der Waals surface area contributed by atoms with Crippen LogP contribution >= 0.6 is 11.6 Å². The van der Waals surface area contributed by atoms with E-state index in [1.807, 2.05) is 0 Å². The van der Waals surface area contributed by atoms with E-state index in [0.717, 1.165) is 6.07 Å². The molecule has 1 aromatic carbocycles. The number of nitrogens with zero attached hydrogens (tertiary/aromatic N) is 1. The zero-order valence-corrected chi connectivity index (χ0v) is 9.92. The Morgan fingerprint density at radius 1 is 1.47 bits per heavy atom. The number of nitrogens with one attached hydrogen (secondary N) is 1. The Hall–Kier alpha value is -1.78. The molecular weight excluding hydrogens is 268 g/mol. The molecule has 90 valence electrons. The maximum absolute atomic E-state index is 11.3. The molecule has 0 saturated carbocycles. The van der Waals surface area contributed by atoms with Crippen LogP contribution in [0.25, 0.3) is 0 Å². The van der Waals surface area contributed by atoms with Crippen LogP contribution in [0.5, 0.6) is 0 Å². The van der Waals surface area contributed by atoms with Crippen molar-refractivity contribution >= 4 is 33.3 Å². The third-order valence-electron chi connectivity index (χ3n) is 1.67. The van der Waals surface area contributed by atoms with Crippen molar-refractivity contribution in [1.82, 2.24) is 0 Å². The molecule has 8 heteroatoms. The molecule has 0 aliphatic heterocycles. The lowest BCUT2D eigenvalue weighted by molar-refractivity contribution is 0.0697. The highest BCUT2D eigenvalue weighted by Gasteiger charge is 2.12. The fourth-order valence-electron chi connectivity index (χ4n) is 1.07. The Morgan fingerprint density at radius 3 is 2.65 bits per heavy atom. The van der Waals surface area contributed by atoms with Crippen molar-refractivity contribution in [3.63, 3.8) is 0 Å². The summed E-state index contributed by atoms with van der Waals surface area (Å²) in [7, 11) is -3.81. The van der Waals surface area contributed by atoms with Gasteiger partial charge in [-0.2, -0.15) is 5.26 Å². The predicted octanol–water partition coefficient (Wildman–Crippen LogP) is 1.30.